The highest BCUT2D eigenvalue weighted by molar-refractivity contribution is 7.10. The minimum absolute atomic E-state index is 0.00327. The van der Waals surface area contributed by atoms with Gasteiger partial charge in [0.1, 0.15) is 0 Å². The molecule has 7 heteroatoms. The average molecular weight is 368 g/mol. The van der Waals surface area contributed by atoms with Crippen molar-refractivity contribution in [2.24, 2.45) is 0 Å². The summed E-state index contributed by atoms with van der Waals surface area (Å²) in [6.45, 7) is 1.76. The van der Waals surface area contributed by atoms with Crippen molar-refractivity contribution in [3.63, 3.8) is 0 Å². The molecule has 0 aliphatic rings. The van der Waals surface area contributed by atoms with Crippen LogP contribution in [0.25, 0.3) is 21.6 Å². The lowest BCUT2D eigenvalue weighted by Gasteiger charge is -2.07. The number of benzene rings is 2. The Morgan fingerprint density at radius 1 is 0.962 bits per heavy atom. The second-order valence-electron chi connectivity index (χ2n) is 5.75. The zero-order valence-corrected chi connectivity index (χ0v) is 14.7. The van der Waals surface area contributed by atoms with Crippen LogP contribution in [0.3, 0.4) is 0 Å². The summed E-state index contributed by atoms with van der Waals surface area (Å²) in [4.78, 5) is 22.5. The number of nitrogens with zero attached hydrogens (tertiary/aromatic N) is 1. The van der Waals surface area contributed by atoms with Crippen molar-refractivity contribution in [3.05, 3.63) is 59.8 Å². The minimum atomic E-state index is -1.12. The van der Waals surface area contributed by atoms with Gasteiger partial charge < -0.3 is 10.2 Å². The van der Waals surface area contributed by atoms with Gasteiger partial charge in [0.2, 0.25) is 0 Å². The lowest BCUT2D eigenvalue weighted by molar-refractivity contribution is -0.136. The van der Waals surface area contributed by atoms with Crippen LogP contribution in [0.4, 0.5) is 10.5 Å². The van der Waals surface area contributed by atoms with E-state index in [-0.39, 0.29) is 6.42 Å². The molecule has 0 saturated carbocycles. The number of hydrogen-bond donors (Lipinski definition) is 3. The molecule has 6 nitrogen and oxygen atoms in total. The minimum Gasteiger partial charge on any atom is -0.481 e. The topological polar surface area (TPSA) is 99.5 Å². The van der Waals surface area contributed by atoms with Gasteiger partial charge in [-0.2, -0.15) is 4.37 Å². The standard InChI is InChI=1S/C19H16N2O4S/c1-11-17(20-19(24)25)18(26-21-11)15-8-6-14(7-9-15)13-4-2-12(3-5-13)10-16(22)23/h2-9,20H,10H2,1H3,(H,22,23)(H,24,25). The van der Waals surface area contributed by atoms with Gasteiger partial charge in [-0.15, -0.1) is 0 Å². The highest BCUT2D eigenvalue weighted by Gasteiger charge is 2.14. The third-order valence-electron chi connectivity index (χ3n) is 3.88. The van der Waals surface area contributed by atoms with Crippen LogP contribution in [0, 0.1) is 6.92 Å². The molecule has 1 amide bonds. The maximum absolute atomic E-state index is 11.0. The van der Waals surface area contributed by atoms with Gasteiger partial charge in [0.05, 0.1) is 22.7 Å². The van der Waals surface area contributed by atoms with Gasteiger partial charge >= 0.3 is 12.1 Å². The number of nitrogens with one attached hydrogen (secondary N) is 1. The molecule has 0 bridgehead atoms. The Bertz CT molecular complexity index is 947. The molecule has 132 valence electrons. The van der Waals surface area contributed by atoms with Crippen LogP contribution in [0.15, 0.2) is 48.5 Å². The van der Waals surface area contributed by atoms with Crippen LogP contribution < -0.4 is 5.32 Å². The van der Waals surface area contributed by atoms with E-state index in [1.165, 1.54) is 11.5 Å². The van der Waals surface area contributed by atoms with Crippen LogP contribution in [-0.2, 0) is 11.2 Å². The Hall–Kier alpha value is -3.19. The highest BCUT2D eigenvalue weighted by Crippen LogP contribution is 2.35. The van der Waals surface area contributed by atoms with Crippen molar-refractivity contribution in [1.29, 1.82) is 0 Å². The Morgan fingerprint density at radius 3 is 2.04 bits per heavy atom. The molecule has 0 spiro atoms. The number of aliphatic carboxylic acids is 1. The second-order valence-corrected chi connectivity index (χ2v) is 6.52. The molecular formula is C19H16N2O4S. The summed E-state index contributed by atoms with van der Waals surface area (Å²) < 4.78 is 4.23. The number of carboxylic acid groups (broad SMARTS) is 2. The van der Waals surface area contributed by atoms with Crippen molar-refractivity contribution >= 4 is 29.3 Å². The zero-order valence-electron chi connectivity index (χ0n) is 13.9. The molecule has 3 aromatic rings. The van der Waals surface area contributed by atoms with E-state index in [1.54, 1.807) is 19.1 Å². The predicted octanol–water partition coefficient (Wildman–Crippen LogP) is 4.50. The van der Waals surface area contributed by atoms with Gasteiger partial charge in [0.15, 0.2) is 0 Å². The van der Waals surface area contributed by atoms with Gasteiger partial charge in [0, 0.05) is 0 Å². The van der Waals surface area contributed by atoms with Crippen molar-refractivity contribution in [2.45, 2.75) is 13.3 Å². The fourth-order valence-electron chi connectivity index (χ4n) is 2.62. The fourth-order valence-corrected chi connectivity index (χ4v) is 3.48. The third-order valence-corrected chi connectivity index (χ3v) is 4.87. The summed E-state index contributed by atoms with van der Waals surface area (Å²) in [7, 11) is 0. The van der Waals surface area contributed by atoms with E-state index in [4.69, 9.17) is 10.2 Å². The molecule has 0 aliphatic heterocycles. The predicted molar refractivity (Wildman–Crippen MR) is 101 cm³/mol. The van der Waals surface area contributed by atoms with Crippen LogP contribution in [0.5, 0.6) is 0 Å². The first-order chi connectivity index (χ1) is 12.4. The van der Waals surface area contributed by atoms with Crippen LogP contribution in [-0.4, -0.2) is 26.6 Å². The summed E-state index contributed by atoms with van der Waals surface area (Å²) in [5, 5.41) is 20.2. The molecule has 0 unspecified atom stereocenters. The molecule has 2 aromatic carbocycles. The number of aromatic nitrogens is 1. The van der Waals surface area contributed by atoms with Crippen molar-refractivity contribution in [3.8, 4) is 21.6 Å². The van der Waals surface area contributed by atoms with E-state index < -0.39 is 12.1 Å². The van der Waals surface area contributed by atoms with E-state index in [0.29, 0.717) is 11.4 Å². The van der Waals surface area contributed by atoms with Crippen LogP contribution >= 0.6 is 11.5 Å². The van der Waals surface area contributed by atoms with E-state index >= 15 is 0 Å². The number of carbonyl (C=O) groups is 2. The smallest absolute Gasteiger partial charge is 0.409 e. The summed E-state index contributed by atoms with van der Waals surface area (Å²) >= 11 is 1.25. The van der Waals surface area contributed by atoms with E-state index in [1.807, 2.05) is 36.4 Å². The summed E-state index contributed by atoms with van der Waals surface area (Å²) in [5.41, 5.74) is 4.76. The first kappa shape index (κ1) is 17.6. The molecule has 1 aromatic heterocycles. The van der Waals surface area contributed by atoms with Gasteiger partial charge in [-0.05, 0) is 40.7 Å². The maximum atomic E-state index is 11.0. The Morgan fingerprint density at radius 2 is 1.50 bits per heavy atom. The molecule has 26 heavy (non-hydrogen) atoms. The van der Waals surface area contributed by atoms with E-state index in [2.05, 4.69) is 9.69 Å². The molecule has 0 atom stereocenters. The normalized spacial score (nSPS) is 10.5. The fraction of sp³-hybridized carbons (Fsp3) is 0.105. The molecule has 0 aliphatic carbocycles. The summed E-state index contributed by atoms with van der Waals surface area (Å²) in [6.07, 6.45) is -1.11. The third kappa shape index (κ3) is 3.89. The average Bonchev–Trinajstić information content (AvgIpc) is 2.95. The first-order valence-corrected chi connectivity index (χ1v) is 8.59. The number of hydrogen-bond acceptors (Lipinski definition) is 4. The van der Waals surface area contributed by atoms with Gasteiger partial charge in [-0.3, -0.25) is 10.1 Å². The molecule has 3 N–H and O–H groups in total. The Balaban J connectivity index is 1.85. The van der Waals surface area contributed by atoms with E-state index in [9.17, 15) is 9.59 Å². The van der Waals surface area contributed by atoms with Crippen LogP contribution in [0.1, 0.15) is 11.3 Å². The Kier molecular flexibility index (Phi) is 4.99. The largest absolute Gasteiger partial charge is 0.481 e. The first-order valence-electron chi connectivity index (χ1n) is 7.82. The van der Waals surface area contributed by atoms with Crippen LogP contribution in [0.2, 0.25) is 0 Å². The van der Waals surface area contributed by atoms with Crippen molar-refractivity contribution in [1.82, 2.24) is 4.37 Å². The number of rotatable bonds is 5. The molecule has 0 saturated heterocycles. The molecule has 0 fully saturated rings. The number of anilines is 1. The van der Waals surface area contributed by atoms with Gasteiger partial charge in [-0.25, -0.2) is 4.79 Å². The zero-order chi connectivity index (χ0) is 18.7. The molecule has 0 radical (unpaired) electrons. The molecular weight excluding hydrogens is 352 g/mol. The second kappa shape index (κ2) is 7.37. The van der Waals surface area contributed by atoms with Gasteiger partial charge in [0.25, 0.3) is 0 Å². The Labute approximate surface area is 153 Å². The van der Waals surface area contributed by atoms with Gasteiger partial charge in [-0.1, -0.05) is 48.5 Å². The highest BCUT2D eigenvalue weighted by atomic mass is 32.1. The summed E-state index contributed by atoms with van der Waals surface area (Å²) in [6, 6.07) is 15.1. The number of amides is 1. The lowest BCUT2D eigenvalue weighted by atomic mass is 10.0. The lowest BCUT2D eigenvalue weighted by Crippen LogP contribution is -2.08. The maximum Gasteiger partial charge on any atom is 0.409 e. The quantitative estimate of drug-likeness (QED) is 0.616. The van der Waals surface area contributed by atoms with E-state index in [0.717, 1.165) is 27.1 Å². The SMILES string of the molecule is Cc1nsc(-c2ccc(-c3ccc(CC(=O)O)cc3)cc2)c1NC(=O)O. The van der Waals surface area contributed by atoms with Crippen molar-refractivity contribution in [2.75, 3.05) is 5.32 Å². The van der Waals surface area contributed by atoms with Crippen molar-refractivity contribution < 1.29 is 19.8 Å². The molecule has 1 heterocycles. The number of carboxylic acids is 1. The monoisotopic (exact) mass is 368 g/mol. The number of aryl methyl sites for hydroxylation is 1. The molecule has 3 rings (SSSR count). The summed E-state index contributed by atoms with van der Waals surface area (Å²) in [5.74, 6) is -0.854.